The van der Waals surface area contributed by atoms with E-state index < -0.39 is 0 Å². The second kappa shape index (κ2) is 5.59. The van der Waals surface area contributed by atoms with Gasteiger partial charge in [0.2, 0.25) is 5.95 Å². The third-order valence-electron chi connectivity index (χ3n) is 3.88. The molecule has 0 saturated heterocycles. The Labute approximate surface area is 119 Å². The third-order valence-corrected chi connectivity index (χ3v) is 3.88. The molecule has 0 radical (unpaired) electrons. The van der Waals surface area contributed by atoms with Gasteiger partial charge in [-0.15, -0.1) is 0 Å². The fourth-order valence-corrected chi connectivity index (χ4v) is 2.66. The highest BCUT2D eigenvalue weighted by Gasteiger charge is 2.16. The maximum atomic E-state index is 9.20. The van der Waals surface area contributed by atoms with Gasteiger partial charge in [0.05, 0.1) is 6.61 Å². The summed E-state index contributed by atoms with van der Waals surface area (Å²) >= 11 is 0. The van der Waals surface area contributed by atoms with Crippen LogP contribution in [0.5, 0.6) is 0 Å². The molecule has 4 heteroatoms. The van der Waals surface area contributed by atoms with Crippen LogP contribution in [0.2, 0.25) is 0 Å². The Kier molecular flexibility index (Phi) is 3.65. The molecule has 2 aromatic rings. The van der Waals surface area contributed by atoms with E-state index in [1.807, 2.05) is 6.92 Å². The molecule has 0 aliphatic carbocycles. The van der Waals surface area contributed by atoms with Crippen molar-refractivity contribution in [2.24, 2.45) is 0 Å². The summed E-state index contributed by atoms with van der Waals surface area (Å²) in [6.45, 7) is 3.73. The molecule has 1 aliphatic rings. The fourth-order valence-electron chi connectivity index (χ4n) is 2.66. The number of benzene rings is 1. The van der Waals surface area contributed by atoms with Crippen molar-refractivity contribution in [2.45, 2.75) is 32.9 Å². The second-order valence-electron chi connectivity index (χ2n) is 5.23. The molecule has 0 spiro atoms. The molecule has 0 unspecified atom stereocenters. The van der Waals surface area contributed by atoms with E-state index in [0.717, 1.165) is 43.1 Å². The predicted molar refractivity (Wildman–Crippen MR) is 78.5 cm³/mol. The van der Waals surface area contributed by atoms with E-state index >= 15 is 0 Å². The van der Waals surface area contributed by atoms with Gasteiger partial charge in [0.1, 0.15) is 0 Å². The van der Waals surface area contributed by atoms with Crippen LogP contribution in [0.4, 0.5) is 5.95 Å². The summed E-state index contributed by atoms with van der Waals surface area (Å²) in [7, 11) is 0. The highest BCUT2D eigenvalue weighted by Crippen LogP contribution is 2.22. The third kappa shape index (κ3) is 2.51. The van der Waals surface area contributed by atoms with Crippen molar-refractivity contribution in [3.63, 3.8) is 0 Å². The number of nitrogens with zero attached hydrogens (tertiary/aromatic N) is 3. The molecule has 104 valence electrons. The normalized spacial score (nSPS) is 14.8. The Bertz CT molecular complexity index is 612. The average Bonchev–Trinajstić information content (AvgIpc) is 2.69. The molecule has 0 atom stereocenters. The standard InChI is InChI=1S/C16H19N3O/c1-12-15(11-20)9-17-16(18-12)19-8-4-7-13-5-2-3-6-14(13)10-19/h2-3,5-6,9,20H,4,7-8,10-11H2,1H3. The summed E-state index contributed by atoms with van der Waals surface area (Å²) in [5, 5.41) is 9.20. The Balaban J connectivity index is 1.89. The van der Waals surface area contributed by atoms with Gasteiger partial charge in [0.15, 0.2) is 0 Å². The highest BCUT2D eigenvalue weighted by atomic mass is 16.3. The van der Waals surface area contributed by atoms with Crippen LogP contribution in [0.15, 0.2) is 30.5 Å². The molecule has 3 rings (SSSR count). The van der Waals surface area contributed by atoms with Gasteiger partial charge in [-0.2, -0.15) is 0 Å². The van der Waals surface area contributed by atoms with Gasteiger partial charge in [-0.05, 0) is 30.9 Å². The van der Waals surface area contributed by atoms with Crippen LogP contribution in [0.3, 0.4) is 0 Å². The largest absolute Gasteiger partial charge is 0.392 e. The van der Waals surface area contributed by atoms with Gasteiger partial charge in [-0.25, -0.2) is 9.97 Å². The zero-order valence-corrected chi connectivity index (χ0v) is 11.7. The first-order valence-corrected chi connectivity index (χ1v) is 7.03. The summed E-state index contributed by atoms with van der Waals surface area (Å²) in [6.07, 6.45) is 3.95. The van der Waals surface area contributed by atoms with E-state index in [4.69, 9.17) is 0 Å². The number of hydrogen-bond donors (Lipinski definition) is 1. The number of hydrogen-bond acceptors (Lipinski definition) is 4. The van der Waals surface area contributed by atoms with E-state index in [2.05, 4.69) is 39.1 Å². The van der Waals surface area contributed by atoms with Gasteiger partial charge in [-0.1, -0.05) is 24.3 Å². The maximum Gasteiger partial charge on any atom is 0.225 e. The lowest BCUT2D eigenvalue weighted by Gasteiger charge is -2.21. The molecule has 2 heterocycles. The van der Waals surface area contributed by atoms with Crippen LogP contribution >= 0.6 is 0 Å². The Morgan fingerprint density at radius 2 is 2.05 bits per heavy atom. The van der Waals surface area contributed by atoms with Gasteiger partial charge in [0, 0.05) is 30.5 Å². The van der Waals surface area contributed by atoms with E-state index in [-0.39, 0.29) is 6.61 Å². The van der Waals surface area contributed by atoms with Crippen LogP contribution < -0.4 is 4.90 Å². The molecule has 0 bridgehead atoms. The van der Waals surface area contributed by atoms with Crippen molar-refractivity contribution in [3.05, 3.63) is 52.8 Å². The molecule has 1 N–H and O–H groups in total. The number of aliphatic hydroxyl groups excluding tert-OH is 1. The number of aryl methyl sites for hydroxylation is 2. The number of anilines is 1. The van der Waals surface area contributed by atoms with Gasteiger partial charge in [0.25, 0.3) is 0 Å². The molecule has 0 amide bonds. The number of aromatic nitrogens is 2. The lowest BCUT2D eigenvalue weighted by atomic mass is 10.0. The SMILES string of the molecule is Cc1nc(N2CCCc3ccccc3C2)ncc1CO. The molecule has 1 aromatic heterocycles. The Hall–Kier alpha value is -1.94. The molecule has 0 fully saturated rings. The Morgan fingerprint density at radius 1 is 1.25 bits per heavy atom. The van der Waals surface area contributed by atoms with Crippen LogP contribution in [0.1, 0.15) is 28.8 Å². The average molecular weight is 269 g/mol. The fraction of sp³-hybridized carbons (Fsp3) is 0.375. The summed E-state index contributed by atoms with van der Waals surface area (Å²) in [4.78, 5) is 11.2. The molecular formula is C16H19N3O. The number of aliphatic hydroxyl groups is 1. The smallest absolute Gasteiger partial charge is 0.225 e. The minimum atomic E-state index is -0.00501. The Morgan fingerprint density at radius 3 is 2.80 bits per heavy atom. The first kappa shape index (κ1) is 13.1. The monoisotopic (exact) mass is 269 g/mol. The first-order valence-electron chi connectivity index (χ1n) is 7.03. The zero-order chi connectivity index (χ0) is 13.9. The van der Waals surface area contributed by atoms with Gasteiger partial charge < -0.3 is 10.0 Å². The maximum absolute atomic E-state index is 9.20. The first-order chi connectivity index (χ1) is 9.78. The van der Waals surface area contributed by atoms with Crippen molar-refractivity contribution in [2.75, 3.05) is 11.4 Å². The summed E-state index contributed by atoms with van der Waals surface area (Å²) in [5.74, 6) is 0.761. The highest BCUT2D eigenvalue weighted by molar-refractivity contribution is 5.38. The lowest BCUT2D eigenvalue weighted by molar-refractivity contribution is 0.280. The van der Waals surface area contributed by atoms with Gasteiger partial charge >= 0.3 is 0 Å². The predicted octanol–water partition coefficient (Wildman–Crippen LogP) is 2.23. The van der Waals surface area contributed by atoms with E-state index in [0.29, 0.717) is 0 Å². The van der Waals surface area contributed by atoms with Crippen LogP contribution in [0.25, 0.3) is 0 Å². The molecular weight excluding hydrogens is 250 g/mol. The van der Waals surface area contributed by atoms with Crippen molar-refractivity contribution < 1.29 is 5.11 Å². The topological polar surface area (TPSA) is 49.2 Å². The number of fused-ring (bicyclic) bond motifs is 1. The van der Waals surface area contributed by atoms with Gasteiger partial charge in [-0.3, -0.25) is 0 Å². The lowest BCUT2D eigenvalue weighted by Crippen LogP contribution is -2.25. The minimum Gasteiger partial charge on any atom is -0.392 e. The molecule has 4 nitrogen and oxygen atoms in total. The van der Waals surface area contributed by atoms with E-state index in [1.54, 1.807) is 6.20 Å². The van der Waals surface area contributed by atoms with Crippen molar-refractivity contribution >= 4 is 5.95 Å². The summed E-state index contributed by atoms with van der Waals surface area (Å²) < 4.78 is 0. The van der Waals surface area contributed by atoms with E-state index in [1.165, 1.54) is 11.1 Å². The van der Waals surface area contributed by atoms with Crippen molar-refractivity contribution in [1.29, 1.82) is 0 Å². The minimum absolute atomic E-state index is 0.00501. The van der Waals surface area contributed by atoms with Crippen molar-refractivity contribution in [3.8, 4) is 0 Å². The molecule has 1 aliphatic heterocycles. The van der Waals surface area contributed by atoms with Crippen LogP contribution in [-0.2, 0) is 19.6 Å². The van der Waals surface area contributed by atoms with Crippen LogP contribution in [-0.4, -0.2) is 21.6 Å². The van der Waals surface area contributed by atoms with Crippen molar-refractivity contribution in [1.82, 2.24) is 9.97 Å². The summed E-state index contributed by atoms with van der Waals surface area (Å²) in [5.41, 5.74) is 4.44. The molecule has 0 saturated carbocycles. The molecule has 1 aromatic carbocycles. The quantitative estimate of drug-likeness (QED) is 0.908. The second-order valence-corrected chi connectivity index (χ2v) is 5.23. The summed E-state index contributed by atoms with van der Waals surface area (Å²) in [6, 6.07) is 8.58. The van der Waals surface area contributed by atoms with Crippen LogP contribution in [0, 0.1) is 6.92 Å². The molecule has 20 heavy (non-hydrogen) atoms. The zero-order valence-electron chi connectivity index (χ0n) is 11.7. The number of rotatable bonds is 2. The van der Waals surface area contributed by atoms with E-state index in [9.17, 15) is 5.11 Å².